The average molecular weight is 162 g/mol. The van der Waals surface area contributed by atoms with E-state index >= 15 is 0 Å². The molecule has 1 spiro atoms. The maximum atomic E-state index is 5.48. The summed E-state index contributed by atoms with van der Waals surface area (Å²) in [5.41, 5.74) is 2.46. The molecule has 1 aromatic heterocycles. The van der Waals surface area contributed by atoms with E-state index in [9.17, 15) is 0 Å². The van der Waals surface area contributed by atoms with Gasteiger partial charge in [-0.25, -0.2) is 9.97 Å². The van der Waals surface area contributed by atoms with Crippen molar-refractivity contribution in [2.24, 2.45) is 0 Å². The first-order valence-corrected chi connectivity index (χ1v) is 4.34. The van der Waals surface area contributed by atoms with Crippen LogP contribution in [0.4, 0.5) is 0 Å². The van der Waals surface area contributed by atoms with Gasteiger partial charge >= 0.3 is 0 Å². The van der Waals surface area contributed by atoms with Gasteiger partial charge in [0.05, 0.1) is 6.61 Å². The molecule has 1 aliphatic heterocycles. The van der Waals surface area contributed by atoms with Gasteiger partial charge in [-0.3, -0.25) is 0 Å². The van der Waals surface area contributed by atoms with Crippen molar-refractivity contribution in [3.63, 3.8) is 0 Å². The van der Waals surface area contributed by atoms with Crippen molar-refractivity contribution in [1.82, 2.24) is 9.97 Å². The molecule has 12 heavy (non-hydrogen) atoms. The number of fused-ring (bicyclic) bond motifs is 2. The lowest BCUT2D eigenvalue weighted by Gasteiger charge is -2.19. The SMILES string of the molecule is c1ncc2c(n1)CCCC21CO1. The van der Waals surface area contributed by atoms with Crippen molar-refractivity contribution in [1.29, 1.82) is 0 Å². The van der Waals surface area contributed by atoms with E-state index in [1.165, 1.54) is 17.7 Å². The van der Waals surface area contributed by atoms with E-state index in [4.69, 9.17) is 4.74 Å². The molecule has 1 unspecified atom stereocenters. The Balaban J connectivity index is 2.16. The Bertz CT molecular complexity index is 320. The molecule has 3 heteroatoms. The van der Waals surface area contributed by atoms with Crippen LogP contribution in [0.1, 0.15) is 24.1 Å². The summed E-state index contributed by atoms with van der Waals surface area (Å²) in [5.74, 6) is 0. The van der Waals surface area contributed by atoms with Crippen LogP contribution >= 0.6 is 0 Å². The lowest BCUT2D eigenvalue weighted by molar-refractivity contribution is 0.274. The van der Waals surface area contributed by atoms with E-state index in [-0.39, 0.29) is 5.60 Å². The van der Waals surface area contributed by atoms with Crippen LogP contribution in [0.15, 0.2) is 12.5 Å². The number of hydrogen-bond acceptors (Lipinski definition) is 3. The van der Waals surface area contributed by atoms with Crippen LogP contribution in [0.25, 0.3) is 0 Å². The predicted octanol–water partition coefficient (Wildman–Crippen LogP) is 1.04. The molecule has 1 aromatic rings. The van der Waals surface area contributed by atoms with Gasteiger partial charge in [-0.05, 0) is 19.3 Å². The maximum Gasteiger partial charge on any atom is 0.120 e. The van der Waals surface area contributed by atoms with E-state index in [0.29, 0.717) is 0 Å². The fourth-order valence-corrected chi connectivity index (χ4v) is 2.00. The first-order valence-electron chi connectivity index (χ1n) is 4.34. The van der Waals surface area contributed by atoms with Gasteiger partial charge < -0.3 is 4.74 Å². The molecular formula is C9H10N2O. The van der Waals surface area contributed by atoms with Gasteiger partial charge in [0.1, 0.15) is 11.9 Å². The molecule has 1 fully saturated rings. The van der Waals surface area contributed by atoms with Crippen molar-refractivity contribution >= 4 is 0 Å². The van der Waals surface area contributed by atoms with Crippen LogP contribution < -0.4 is 0 Å². The minimum absolute atomic E-state index is 0.0366. The summed E-state index contributed by atoms with van der Waals surface area (Å²) in [4.78, 5) is 8.31. The monoisotopic (exact) mass is 162 g/mol. The topological polar surface area (TPSA) is 38.3 Å². The molecule has 2 aliphatic rings. The zero-order chi connectivity index (χ0) is 8.02. The third-order valence-electron chi connectivity index (χ3n) is 2.77. The van der Waals surface area contributed by atoms with Gasteiger partial charge in [-0.2, -0.15) is 0 Å². The lowest BCUT2D eigenvalue weighted by Crippen LogP contribution is -2.18. The van der Waals surface area contributed by atoms with Crippen LogP contribution in [0, 0.1) is 0 Å². The highest BCUT2D eigenvalue weighted by Crippen LogP contribution is 2.46. The largest absolute Gasteiger partial charge is 0.364 e. The number of aromatic nitrogens is 2. The quantitative estimate of drug-likeness (QED) is 0.535. The zero-order valence-corrected chi connectivity index (χ0v) is 6.79. The first-order chi connectivity index (χ1) is 5.91. The molecule has 2 heterocycles. The minimum Gasteiger partial charge on any atom is -0.364 e. The van der Waals surface area contributed by atoms with Gasteiger partial charge in [-0.15, -0.1) is 0 Å². The maximum absolute atomic E-state index is 5.48. The first kappa shape index (κ1) is 6.54. The standard InChI is InChI=1S/C9H10N2O/c1-2-8-7(4-10-6-11-8)9(3-1)5-12-9/h4,6H,1-3,5H2. The summed E-state index contributed by atoms with van der Waals surface area (Å²) in [6.07, 6.45) is 6.97. The minimum atomic E-state index is 0.0366. The molecular weight excluding hydrogens is 152 g/mol. The summed E-state index contributed by atoms with van der Waals surface area (Å²) in [6, 6.07) is 0. The van der Waals surface area contributed by atoms with Gasteiger partial charge in [0, 0.05) is 17.5 Å². The average Bonchev–Trinajstić information content (AvgIpc) is 2.87. The molecule has 0 aromatic carbocycles. The van der Waals surface area contributed by atoms with E-state index < -0.39 is 0 Å². The van der Waals surface area contributed by atoms with Crippen molar-refractivity contribution in [3.05, 3.63) is 23.8 Å². The summed E-state index contributed by atoms with van der Waals surface area (Å²) in [5, 5.41) is 0. The lowest BCUT2D eigenvalue weighted by atomic mass is 9.87. The molecule has 3 rings (SSSR count). The second kappa shape index (κ2) is 2.04. The van der Waals surface area contributed by atoms with E-state index in [2.05, 4.69) is 9.97 Å². The fraction of sp³-hybridized carbons (Fsp3) is 0.556. The molecule has 1 atom stereocenters. The Morgan fingerprint density at radius 2 is 2.42 bits per heavy atom. The Hall–Kier alpha value is -0.960. The molecule has 62 valence electrons. The number of ether oxygens (including phenoxy) is 1. The highest BCUT2D eigenvalue weighted by molar-refractivity contribution is 5.30. The number of aryl methyl sites for hydroxylation is 1. The Morgan fingerprint density at radius 1 is 1.50 bits per heavy atom. The number of epoxide rings is 1. The predicted molar refractivity (Wildman–Crippen MR) is 42.6 cm³/mol. The van der Waals surface area contributed by atoms with Crippen LogP contribution in [-0.2, 0) is 16.8 Å². The van der Waals surface area contributed by atoms with Crippen molar-refractivity contribution in [2.45, 2.75) is 24.9 Å². The smallest absolute Gasteiger partial charge is 0.120 e. The molecule has 1 saturated heterocycles. The van der Waals surface area contributed by atoms with Crippen molar-refractivity contribution in [2.75, 3.05) is 6.61 Å². The van der Waals surface area contributed by atoms with Crippen molar-refractivity contribution < 1.29 is 4.74 Å². The number of rotatable bonds is 0. The van der Waals surface area contributed by atoms with Gasteiger partial charge in [0.25, 0.3) is 0 Å². The molecule has 0 saturated carbocycles. The van der Waals surface area contributed by atoms with Crippen LogP contribution in [0.3, 0.4) is 0 Å². The van der Waals surface area contributed by atoms with E-state index in [0.717, 1.165) is 19.4 Å². The number of hydrogen-bond donors (Lipinski definition) is 0. The third kappa shape index (κ3) is 0.743. The molecule has 0 radical (unpaired) electrons. The summed E-state index contributed by atoms with van der Waals surface area (Å²) in [7, 11) is 0. The van der Waals surface area contributed by atoms with Crippen LogP contribution in [-0.4, -0.2) is 16.6 Å². The highest BCUT2D eigenvalue weighted by atomic mass is 16.6. The van der Waals surface area contributed by atoms with E-state index in [1.54, 1.807) is 6.33 Å². The fourth-order valence-electron chi connectivity index (χ4n) is 2.00. The number of nitrogens with zero attached hydrogens (tertiary/aromatic N) is 2. The summed E-state index contributed by atoms with van der Waals surface area (Å²) < 4.78 is 5.48. The second-order valence-corrected chi connectivity index (χ2v) is 3.52. The Morgan fingerprint density at radius 3 is 3.25 bits per heavy atom. The Kier molecular flexibility index (Phi) is 1.11. The van der Waals surface area contributed by atoms with Crippen molar-refractivity contribution in [3.8, 4) is 0 Å². The van der Waals surface area contributed by atoms with Gasteiger partial charge in [0.15, 0.2) is 0 Å². The summed E-state index contributed by atoms with van der Waals surface area (Å²) >= 11 is 0. The normalized spacial score (nSPS) is 31.7. The van der Waals surface area contributed by atoms with Gasteiger partial charge in [0.2, 0.25) is 0 Å². The molecule has 0 bridgehead atoms. The molecule has 0 amide bonds. The molecule has 3 nitrogen and oxygen atoms in total. The molecule has 1 aliphatic carbocycles. The van der Waals surface area contributed by atoms with Crippen LogP contribution in [0.2, 0.25) is 0 Å². The third-order valence-corrected chi connectivity index (χ3v) is 2.77. The van der Waals surface area contributed by atoms with Gasteiger partial charge in [-0.1, -0.05) is 0 Å². The Labute approximate surface area is 70.8 Å². The zero-order valence-electron chi connectivity index (χ0n) is 6.79. The highest BCUT2D eigenvalue weighted by Gasteiger charge is 2.49. The van der Waals surface area contributed by atoms with E-state index in [1.807, 2.05) is 6.20 Å². The molecule has 0 N–H and O–H groups in total. The van der Waals surface area contributed by atoms with Crippen LogP contribution in [0.5, 0.6) is 0 Å². The second-order valence-electron chi connectivity index (χ2n) is 3.52. The summed E-state index contributed by atoms with van der Waals surface area (Å²) in [6.45, 7) is 0.868.